The van der Waals surface area contributed by atoms with Gasteiger partial charge in [-0.3, -0.25) is 0 Å². The number of hydrogen-bond acceptors (Lipinski definition) is 3. The van der Waals surface area contributed by atoms with E-state index in [1.165, 1.54) is 12.1 Å². The van der Waals surface area contributed by atoms with Crippen LogP contribution in [0.15, 0.2) is 42.5 Å². The van der Waals surface area contributed by atoms with Crippen molar-refractivity contribution in [3.63, 3.8) is 0 Å². The first-order valence-corrected chi connectivity index (χ1v) is 6.71. The van der Waals surface area contributed by atoms with E-state index in [2.05, 4.69) is 6.07 Å². The van der Waals surface area contributed by atoms with Gasteiger partial charge in [0.2, 0.25) is 0 Å². The maximum absolute atomic E-state index is 12.9. The van der Waals surface area contributed by atoms with Gasteiger partial charge in [0.05, 0.1) is 24.8 Å². The van der Waals surface area contributed by atoms with Gasteiger partial charge in [-0.25, -0.2) is 4.39 Å². The molecule has 4 heteroatoms. The SMILES string of the molecule is Cc1cc(F)ccc1OCCCOc1cccc(C#N)c1. The second-order valence-electron chi connectivity index (χ2n) is 4.60. The largest absolute Gasteiger partial charge is 0.493 e. The predicted molar refractivity (Wildman–Crippen MR) is 77.9 cm³/mol. The molecular weight excluding hydrogens is 269 g/mol. The number of aryl methyl sites for hydroxylation is 1. The van der Waals surface area contributed by atoms with Crippen LogP contribution in [0.3, 0.4) is 0 Å². The first kappa shape index (κ1) is 14.9. The van der Waals surface area contributed by atoms with Crippen LogP contribution in [0.25, 0.3) is 0 Å². The average Bonchev–Trinajstić information content (AvgIpc) is 2.49. The molecule has 0 heterocycles. The van der Waals surface area contributed by atoms with E-state index in [9.17, 15) is 4.39 Å². The molecule has 3 nitrogen and oxygen atoms in total. The third kappa shape index (κ3) is 4.50. The van der Waals surface area contributed by atoms with Gasteiger partial charge in [-0.2, -0.15) is 5.26 Å². The Labute approximate surface area is 123 Å². The van der Waals surface area contributed by atoms with Gasteiger partial charge in [-0.1, -0.05) is 6.07 Å². The van der Waals surface area contributed by atoms with Crippen LogP contribution in [-0.2, 0) is 0 Å². The highest BCUT2D eigenvalue weighted by Crippen LogP contribution is 2.18. The summed E-state index contributed by atoms with van der Waals surface area (Å²) in [6.45, 7) is 2.79. The van der Waals surface area contributed by atoms with E-state index in [4.69, 9.17) is 14.7 Å². The summed E-state index contributed by atoms with van der Waals surface area (Å²) in [6.07, 6.45) is 0.702. The van der Waals surface area contributed by atoms with E-state index in [0.717, 1.165) is 5.56 Å². The summed E-state index contributed by atoms with van der Waals surface area (Å²) in [7, 11) is 0. The molecule has 0 aliphatic carbocycles. The molecule has 0 amide bonds. The maximum atomic E-state index is 12.9. The minimum absolute atomic E-state index is 0.263. The van der Waals surface area contributed by atoms with Crippen molar-refractivity contribution in [2.75, 3.05) is 13.2 Å². The number of benzene rings is 2. The lowest BCUT2D eigenvalue weighted by atomic mass is 10.2. The second kappa shape index (κ2) is 7.30. The van der Waals surface area contributed by atoms with Crippen LogP contribution < -0.4 is 9.47 Å². The van der Waals surface area contributed by atoms with Gasteiger partial charge in [0.15, 0.2) is 0 Å². The summed E-state index contributed by atoms with van der Waals surface area (Å²) in [5, 5.41) is 8.79. The van der Waals surface area contributed by atoms with Crippen molar-refractivity contribution >= 4 is 0 Å². The van der Waals surface area contributed by atoms with Crippen molar-refractivity contribution in [2.24, 2.45) is 0 Å². The number of nitrogens with zero attached hydrogens (tertiary/aromatic N) is 1. The van der Waals surface area contributed by atoms with Gasteiger partial charge in [-0.05, 0) is 48.9 Å². The monoisotopic (exact) mass is 285 g/mol. The standard InChI is InChI=1S/C17H16FNO2/c1-13-10-15(18)6-7-17(13)21-9-3-8-20-16-5-2-4-14(11-16)12-19/h2,4-7,10-11H,3,8-9H2,1H3. The van der Waals surface area contributed by atoms with E-state index in [1.807, 2.05) is 13.0 Å². The van der Waals surface area contributed by atoms with Gasteiger partial charge >= 0.3 is 0 Å². The first-order valence-electron chi connectivity index (χ1n) is 6.71. The lowest BCUT2D eigenvalue weighted by Crippen LogP contribution is -2.05. The molecule has 0 bridgehead atoms. The maximum Gasteiger partial charge on any atom is 0.123 e. The minimum atomic E-state index is -0.263. The fraction of sp³-hybridized carbons (Fsp3) is 0.235. The molecule has 2 rings (SSSR count). The Morgan fingerprint density at radius 2 is 1.90 bits per heavy atom. The third-order valence-electron chi connectivity index (χ3n) is 2.92. The number of rotatable bonds is 6. The molecule has 108 valence electrons. The van der Waals surface area contributed by atoms with E-state index in [1.54, 1.807) is 24.3 Å². The van der Waals surface area contributed by atoms with Crippen LogP contribution in [-0.4, -0.2) is 13.2 Å². The van der Waals surface area contributed by atoms with Crippen molar-refractivity contribution in [1.29, 1.82) is 5.26 Å². The van der Waals surface area contributed by atoms with E-state index in [-0.39, 0.29) is 5.82 Å². The topological polar surface area (TPSA) is 42.2 Å². The second-order valence-corrected chi connectivity index (χ2v) is 4.60. The van der Waals surface area contributed by atoms with Gasteiger partial charge < -0.3 is 9.47 Å². The zero-order valence-corrected chi connectivity index (χ0v) is 11.8. The first-order chi connectivity index (χ1) is 10.2. The molecule has 0 aliphatic rings. The lowest BCUT2D eigenvalue weighted by Gasteiger charge is -2.10. The van der Waals surface area contributed by atoms with E-state index >= 15 is 0 Å². The molecule has 0 aliphatic heterocycles. The van der Waals surface area contributed by atoms with Crippen LogP contribution in [0, 0.1) is 24.1 Å². The van der Waals surface area contributed by atoms with Gasteiger partial charge in [0.25, 0.3) is 0 Å². The van der Waals surface area contributed by atoms with E-state index < -0.39 is 0 Å². The number of halogens is 1. The molecule has 2 aromatic carbocycles. The number of ether oxygens (including phenoxy) is 2. The lowest BCUT2D eigenvalue weighted by molar-refractivity contribution is 0.246. The fourth-order valence-electron chi connectivity index (χ4n) is 1.86. The Morgan fingerprint density at radius 1 is 1.10 bits per heavy atom. The Kier molecular flexibility index (Phi) is 5.16. The summed E-state index contributed by atoms with van der Waals surface area (Å²) < 4.78 is 24.1. The van der Waals surface area contributed by atoms with Crippen LogP contribution in [0.4, 0.5) is 4.39 Å². The van der Waals surface area contributed by atoms with Crippen LogP contribution in [0.1, 0.15) is 17.5 Å². The van der Waals surface area contributed by atoms with Crippen LogP contribution in [0.5, 0.6) is 11.5 Å². The molecule has 0 radical (unpaired) electrons. The van der Waals surface area contributed by atoms with Crippen molar-refractivity contribution in [2.45, 2.75) is 13.3 Å². The van der Waals surface area contributed by atoms with Gasteiger partial charge in [0.1, 0.15) is 17.3 Å². The molecule has 21 heavy (non-hydrogen) atoms. The van der Waals surface area contributed by atoms with Crippen LogP contribution >= 0.6 is 0 Å². The quantitative estimate of drug-likeness (QED) is 0.757. The summed E-state index contributed by atoms with van der Waals surface area (Å²) in [5.41, 5.74) is 1.35. The Balaban J connectivity index is 1.74. The molecule has 0 unspecified atom stereocenters. The van der Waals surface area contributed by atoms with Crippen molar-refractivity contribution in [3.8, 4) is 17.6 Å². The summed E-state index contributed by atoms with van der Waals surface area (Å²) in [5.74, 6) is 1.09. The number of hydrogen-bond donors (Lipinski definition) is 0. The highest BCUT2D eigenvalue weighted by molar-refractivity contribution is 5.36. The zero-order chi connectivity index (χ0) is 15.1. The average molecular weight is 285 g/mol. The molecule has 0 spiro atoms. The summed E-state index contributed by atoms with van der Waals surface area (Å²) in [6, 6.07) is 13.5. The minimum Gasteiger partial charge on any atom is -0.493 e. The van der Waals surface area contributed by atoms with Gasteiger partial charge in [-0.15, -0.1) is 0 Å². The Morgan fingerprint density at radius 3 is 2.67 bits per heavy atom. The Hall–Kier alpha value is -2.54. The molecule has 0 fully saturated rings. The highest BCUT2D eigenvalue weighted by Gasteiger charge is 2.01. The summed E-state index contributed by atoms with van der Waals surface area (Å²) >= 11 is 0. The molecule has 2 aromatic rings. The van der Waals surface area contributed by atoms with Crippen molar-refractivity contribution in [1.82, 2.24) is 0 Å². The smallest absolute Gasteiger partial charge is 0.123 e. The molecule has 0 atom stereocenters. The van der Waals surface area contributed by atoms with E-state index in [0.29, 0.717) is 36.7 Å². The molecular formula is C17H16FNO2. The zero-order valence-electron chi connectivity index (χ0n) is 11.8. The van der Waals surface area contributed by atoms with Gasteiger partial charge in [0, 0.05) is 6.42 Å². The highest BCUT2D eigenvalue weighted by atomic mass is 19.1. The fourth-order valence-corrected chi connectivity index (χ4v) is 1.86. The number of nitriles is 1. The normalized spacial score (nSPS) is 9.95. The Bertz CT molecular complexity index is 649. The van der Waals surface area contributed by atoms with Crippen molar-refractivity contribution < 1.29 is 13.9 Å². The predicted octanol–water partition coefficient (Wildman–Crippen LogP) is 3.85. The molecule has 0 saturated heterocycles. The molecule has 0 saturated carbocycles. The third-order valence-corrected chi connectivity index (χ3v) is 2.92. The van der Waals surface area contributed by atoms with Crippen molar-refractivity contribution in [3.05, 3.63) is 59.4 Å². The molecule has 0 N–H and O–H groups in total. The molecule has 0 aromatic heterocycles. The van der Waals surface area contributed by atoms with Crippen LogP contribution in [0.2, 0.25) is 0 Å². The summed E-state index contributed by atoms with van der Waals surface area (Å²) in [4.78, 5) is 0.